The van der Waals surface area contributed by atoms with Crippen LogP contribution in [0.4, 0.5) is 0 Å². The van der Waals surface area contributed by atoms with Crippen LogP contribution in [0.25, 0.3) is 11.0 Å². The van der Waals surface area contributed by atoms with E-state index in [1.165, 1.54) is 0 Å². The van der Waals surface area contributed by atoms with Crippen LogP contribution < -0.4 is 10.1 Å². The van der Waals surface area contributed by atoms with Gasteiger partial charge in [0.1, 0.15) is 5.75 Å². The second kappa shape index (κ2) is 6.79. The summed E-state index contributed by atoms with van der Waals surface area (Å²) in [6.45, 7) is 4.11. The van der Waals surface area contributed by atoms with Crippen molar-refractivity contribution in [3.8, 4) is 5.75 Å². The number of rotatable bonds is 5. The third kappa shape index (κ3) is 3.22. The van der Waals surface area contributed by atoms with E-state index in [9.17, 15) is 4.79 Å². The van der Waals surface area contributed by atoms with Crippen molar-refractivity contribution in [2.75, 3.05) is 26.4 Å². The van der Waals surface area contributed by atoms with Gasteiger partial charge in [0.25, 0.3) is 5.91 Å². The molecule has 1 aromatic carbocycles. The molecule has 1 N–H and O–H groups in total. The summed E-state index contributed by atoms with van der Waals surface area (Å²) in [6.07, 6.45) is 3.87. The van der Waals surface area contributed by atoms with Gasteiger partial charge in [-0.15, -0.1) is 0 Å². The monoisotopic (exact) mass is 303 g/mol. The highest BCUT2D eigenvalue weighted by Crippen LogP contribution is 2.27. The average Bonchev–Trinajstić information content (AvgIpc) is 2.97. The van der Waals surface area contributed by atoms with Crippen LogP contribution in [0.5, 0.6) is 5.75 Å². The highest BCUT2D eigenvalue weighted by molar-refractivity contribution is 5.79. The number of carbonyl (C=O) groups is 1. The van der Waals surface area contributed by atoms with E-state index in [-0.39, 0.29) is 12.5 Å². The van der Waals surface area contributed by atoms with Gasteiger partial charge in [0.2, 0.25) is 0 Å². The lowest BCUT2D eigenvalue weighted by Crippen LogP contribution is -2.28. The van der Waals surface area contributed by atoms with Crippen molar-refractivity contribution in [1.29, 1.82) is 0 Å². The minimum atomic E-state index is -0.111. The van der Waals surface area contributed by atoms with E-state index in [2.05, 4.69) is 14.9 Å². The average molecular weight is 303 g/mol. The Morgan fingerprint density at radius 2 is 2.27 bits per heavy atom. The fraction of sp³-hybridized carbons (Fsp3) is 0.500. The van der Waals surface area contributed by atoms with E-state index in [4.69, 9.17) is 9.47 Å². The van der Waals surface area contributed by atoms with Crippen LogP contribution in [-0.4, -0.2) is 41.8 Å². The lowest BCUT2D eigenvalue weighted by atomic mass is 10.1. The van der Waals surface area contributed by atoms with Crippen LogP contribution in [0.15, 0.2) is 24.5 Å². The molecular formula is C16H21N3O3. The van der Waals surface area contributed by atoms with Gasteiger partial charge in [-0.05, 0) is 31.9 Å². The summed E-state index contributed by atoms with van der Waals surface area (Å²) in [5.41, 5.74) is 1.98. The summed E-state index contributed by atoms with van der Waals surface area (Å²) in [5, 5.41) is 2.72. The molecule has 0 radical (unpaired) electrons. The van der Waals surface area contributed by atoms with Gasteiger partial charge in [-0.3, -0.25) is 4.79 Å². The molecule has 1 aromatic heterocycles. The Hall–Kier alpha value is -2.08. The van der Waals surface area contributed by atoms with Gasteiger partial charge in [0.15, 0.2) is 6.61 Å². The fourth-order valence-electron chi connectivity index (χ4n) is 2.75. The third-order valence-electron chi connectivity index (χ3n) is 3.87. The molecule has 1 aliphatic heterocycles. The first kappa shape index (κ1) is 14.8. The predicted octanol–water partition coefficient (Wildman–Crippen LogP) is 1.90. The molecule has 1 amide bonds. The van der Waals surface area contributed by atoms with Gasteiger partial charge < -0.3 is 19.4 Å². The number of hydrogen-bond donors (Lipinski definition) is 1. The molecule has 6 nitrogen and oxygen atoms in total. The SMILES string of the molecule is CCNC(=O)COc1ccc2ncn(C3CCOCC3)c2c1. The van der Waals surface area contributed by atoms with Crippen LogP contribution in [0.1, 0.15) is 25.8 Å². The van der Waals surface area contributed by atoms with E-state index >= 15 is 0 Å². The molecule has 0 unspecified atom stereocenters. The molecule has 1 aliphatic rings. The van der Waals surface area contributed by atoms with Crippen molar-refractivity contribution < 1.29 is 14.3 Å². The smallest absolute Gasteiger partial charge is 0.257 e. The number of amides is 1. The van der Waals surface area contributed by atoms with Crippen LogP contribution in [0.3, 0.4) is 0 Å². The van der Waals surface area contributed by atoms with Gasteiger partial charge >= 0.3 is 0 Å². The van der Waals surface area contributed by atoms with E-state index in [0.717, 1.165) is 37.1 Å². The quantitative estimate of drug-likeness (QED) is 0.916. The molecule has 0 atom stereocenters. The topological polar surface area (TPSA) is 65.4 Å². The maximum absolute atomic E-state index is 11.5. The molecule has 0 saturated carbocycles. The maximum atomic E-state index is 11.5. The van der Waals surface area contributed by atoms with E-state index in [1.807, 2.05) is 31.5 Å². The minimum Gasteiger partial charge on any atom is -0.484 e. The number of ether oxygens (including phenoxy) is 2. The Kier molecular flexibility index (Phi) is 4.58. The zero-order chi connectivity index (χ0) is 15.4. The maximum Gasteiger partial charge on any atom is 0.257 e. The molecule has 0 aliphatic carbocycles. The first-order valence-corrected chi connectivity index (χ1v) is 7.71. The van der Waals surface area contributed by atoms with Crippen molar-refractivity contribution in [2.24, 2.45) is 0 Å². The highest BCUT2D eigenvalue weighted by atomic mass is 16.5. The minimum absolute atomic E-state index is 0.0325. The molecule has 0 bridgehead atoms. The van der Waals surface area contributed by atoms with Crippen molar-refractivity contribution in [3.05, 3.63) is 24.5 Å². The van der Waals surface area contributed by atoms with Crippen LogP contribution in [-0.2, 0) is 9.53 Å². The molecule has 0 spiro atoms. The molecule has 2 heterocycles. The van der Waals surface area contributed by atoms with Crippen LogP contribution >= 0.6 is 0 Å². The highest BCUT2D eigenvalue weighted by Gasteiger charge is 2.18. The summed E-state index contributed by atoms with van der Waals surface area (Å²) in [5.74, 6) is 0.577. The Morgan fingerprint density at radius 1 is 1.45 bits per heavy atom. The zero-order valence-electron chi connectivity index (χ0n) is 12.7. The molecular weight excluding hydrogens is 282 g/mol. The van der Waals surface area contributed by atoms with E-state index < -0.39 is 0 Å². The molecule has 6 heteroatoms. The number of benzene rings is 1. The number of fused-ring (bicyclic) bond motifs is 1. The standard InChI is InChI=1S/C16H21N3O3/c1-2-17-16(20)10-22-13-3-4-14-15(9-13)19(11-18-14)12-5-7-21-8-6-12/h3-4,9,11-12H,2,5-8,10H2,1H3,(H,17,20). The largest absolute Gasteiger partial charge is 0.484 e. The summed E-state index contributed by atoms with van der Waals surface area (Å²) in [6, 6.07) is 6.15. The van der Waals surface area contributed by atoms with Crippen LogP contribution in [0, 0.1) is 0 Å². The van der Waals surface area contributed by atoms with Crippen molar-refractivity contribution in [1.82, 2.24) is 14.9 Å². The lowest BCUT2D eigenvalue weighted by molar-refractivity contribution is -0.122. The first-order chi connectivity index (χ1) is 10.8. The Bertz CT molecular complexity index is 647. The first-order valence-electron chi connectivity index (χ1n) is 7.71. The fourth-order valence-corrected chi connectivity index (χ4v) is 2.75. The summed E-state index contributed by atoms with van der Waals surface area (Å²) in [4.78, 5) is 15.9. The van der Waals surface area contributed by atoms with Gasteiger partial charge in [-0.25, -0.2) is 4.98 Å². The Balaban J connectivity index is 1.77. The van der Waals surface area contributed by atoms with Gasteiger partial charge in [0, 0.05) is 31.9 Å². The van der Waals surface area contributed by atoms with Gasteiger partial charge in [0.05, 0.1) is 17.4 Å². The summed E-state index contributed by atoms with van der Waals surface area (Å²) < 4.78 is 13.2. The van der Waals surface area contributed by atoms with Crippen molar-refractivity contribution >= 4 is 16.9 Å². The molecule has 118 valence electrons. The molecule has 1 saturated heterocycles. The molecule has 1 fully saturated rings. The second-order valence-electron chi connectivity index (χ2n) is 5.39. The number of carbonyl (C=O) groups excluding carboxylic acids is 1. The van der Waals surface area contributed by atoms with Gasteiger partial charge in [-0.2, -0.15) is 0 Å². The Labute approximate surface area is 129 Å². The molecule has 2 aromatic rings. The summed E-state index contributed by atoms with van der Waals surface area (Å²) >= 11 is 0. The number of likely N-dealkylation sites (N-methyl/N-ethyl adjacent to an activating group) is 1. The number of nitrogens with zero attached hydrogens (tertiary/aromatic N) is 2. The normalized spacial score (nSPS) is 15.9. The van der Waals surface area contributed by atoms with Crippen molar-refractivity contribution in [3.63, 3.8) is 0 Å². The lowest BCUT2D eigenvalue weighted by Gasteiger charge is -2.24. The third-order valence-corrected chi connectivity index (χ3v) is 3.87. The van der Waals surface area contributed by atoms with Crippen molar-refractivity contribution in [2.45, 2.75) is 25.8 Å². The van der Waals surface area contributed by atoms with Crippen LogP contribution in [0.2, 0.25) is 0 Å². The van der Waals surface area contributed by atoms with E-state index in [0.29, 0.717) is 18.3 Å². The van der Waals surface area contributed by atoms with Gasteiger partial charge in [-0.1, -0.05) is 0 Å². The number of hydrogen-bond acceptors (Lipinski definition) is 4. The summed E-state index contributed by atoms with van der Waals surface area (Å²) in [7, 11) is 0. The molecule has 3 rings (SSSR count). The Morgan fingerprint density at radius 3 is 3.05 bits per heavy atom. The second-order valence-corrected chi connectivity index (χ2v) is 5.39. The molecule has 22 heavy (non-hydrogen) atoms. The number of aromatic nitrogens is 2. The number of nitrogens with one attached hydrogen (secondary N) is 1. The van der Waals surface area contributed by atoms with E-state index in [1.54, 1.807) is 0 Å². The number of imidazole rings is 1. The predicted molar refractivity (Wildman–Crippen MR) is 83.0 cm³/mol. The zero-order valence-corrected chi connectivity index (χ0v) is 12.7.